The molecule has 0 radical (unpaired) electrons. The molecule has 6 heteroatoms. The van der Waals surface area contributed by atoms with Crippen LogP contribution in [0.25, 0.3) is 11.5 Å². The average Bonchev–Trinajstić information content (AvgIpc) is 3.22. The molecule has 2 aromatic heterocycles. The molecule has 1 N–H and O–H groups in total. The molecule has 128 valence electrons. The highest BCUT2D eigenvalue weighted by Gasteiger charge is 2.36. The molecule has 1 atom stereocenters. The molecule has 0 bridgehead atoms. The summed E-state index contributed by atoms with van der Waals surface area (Å²) in [6.45, 7) is 8.10. The van der Waals surface area contributed by atoms with Gasteiger partial charge in [-0.15, -0.1) is 16.8 Å². The number of aromatic nitrogens is 4. The van der Waals surface area contributed by atoms with E-state index in [1.165, 1.54) is 5.56 Å². The topological polar surface area (TPSA) is 68.8 Å². The van der Waals surface area contributed by atoms with E-state index in [1.807, 2.05) is 10.7 Å². The van der Waals surface area contributed by atoms with Crippen LogP contribution in [0.15, 0.2) is 53.6 Å². The Morgan fingerprint density at radius 1 is 1.32 bits per heavy atom. The number of allylic oxidation sites excluding steroid dienone is 1. The minimum atomic E-state index is -0.122. The highest BCUT2D eigenvalue weighted by Crippen LogP contribution is 2.42. The van der Waals surface area contributed by atoms with Gasteiger partial charge in [0, 0.05) is 6.42 Å². The van der Waals surface area contributed by atoms with Gasteiger partial charge < -0.3 is 9.73 Å². The van der Waals surface area contributed by atoms with Gasteiger partial charge in [0.05, 0.1) is 17.8 Å². The summed E-state index contributed by atoms with van der Waals surface area (Å²) in [7, 11) is 0. The van der Waals surface area contributed by atoms with Crippen LogP contribution >= 0.6 is 0 Å². The number of fused-ring (bicyclic) bond motifs is 1. The Morgan fingerprint density at radius 3 is 2.88 bits per heavy atom. The molecule has 6 nitrogen and oxygen atoms in total. The van der Waals surface area contributed by atoms with E-state index in [2.05, 4.69) is 65.3 Å². The van der Waals surface area contributed by atoms with Gasteiger partial charge in [-0.05, 0) is 25.8 Å². The summed E-state index contributed by atoms with van der Waals surface area (Å²) in [6.07, 6.45) is 5.04. The van der Waals surface area contributed by atoms with E-state index in [0.717, 1.165) is 17.8 Å². The van der Waals surface area contributed by atoms with Crippen molar-refractivity contribution in [1.82, 2.24) is 20.0 Å². The second-order valence-corrected chi connectivity index (χ2v) is 6.94. The molecule has 25 heavy (non-hydrogen) atoms. The maximum atomic E-state index is 5.76. The van der Waals surface area contributed by atoms with Crippen LogP contribution in [0.3, 0.4) is 0 Å². The maximum absolute atomic E-state index is 5.76. The third kappa shape index (κ3) is 2.73. The Morgan fingerprint density at radius 2 is 2.12 bits per heavy atom. The van der Waals surface area contributed by atoms with Crippen molar-refractivity contribution in [3.8, 4) is 11.5 Å². The average molecular weight is 335 g/mol. The lowest BCUT2D eigenvalue weighted by molar-refractivity contribution is 0.263. The quantitative estimate of drug-likeness (QED) is 0.731. The van der Waals surface area contributed by atoms with Crippen LogP contribution in [0, 0.1) is 0 Å². The lowest BCUT2D eigenvalue weighted by Crippen LogP contribution is -2.37. The van der Waals surface area contributed by atoms with Crippen LogP contribution < -0.4 is 5.32 Å². The molecule has 0 saturated heterocycles. The molecule has 0 fully saturated rings. The van der Waals surface area contributed by atoms with Crippen molar-refractivity contribution >= 4 is 5.82 Å². The zero-order valence-electron chi connectivity index (χ0n) is 14.4. The molecular weight excluding hydrogens is 314 g/mol. The Balaban J connectivity index is 1.74. The van der Waals surface area contributed by atoms with Crippen LogP contribution in [0.2, 0.25) is 0 Å². The molecule has 1 aliphatic heterocycles. The number of nitrogens with one attached hydrogen (secondary N) is 1. The van der Waals surface area contributed by atoms with Crippen LogP contribution in [0.4, 0.5) is 5.82 Å². The molecule has 0 aliphatic carbocycles. The normalized spacial score (nSPS) is 18.4. The molecule has 0 amide bonds. The van der Waals surface area contributed by atoms with E-state index < -0.39 is 0 Å². The second-order valence-electron chi connectivity index (χ2n) is 6.94. The van der Waals surface area contributed by atoms with E-state index in [1.54, 1.807) is 12.3 Å². The summed E-state index contributed by atoms with van der Waals surface area (Å²) in [5.74, 6) is 1.95. The van der Waals surface area contributed by atoms with Crippen molar-refractivity contribution in [3.63, 3.8) is 0 Å². The van der Waals surface area contributed by atoms with Crippen molar-refractivity contribution in [3.05, 3.63) is 60.6 Å². The monoisotopic (exact) mass is 335 g/mol. The first-order valence-electron chi connectivity index (χ1n) is 8.42. The van der Waals surface area contributed by atoms with E-state index in [4.69, 9.17) is 4.42 Å². The first-order valence-corrected chi connectivity index (χ1v) is 8.42. The van der Waals surface area contributed by atoms with Crippen LogP contribution in [-0.4, -0.2) is 20.0 Å². The lowest BCUT2D eigenvalue weighted by atomic mass is 9.89. The third-order valence-corrected chi connectivity index (χ3v) is 4.58. The number of rotatable bonds is 4. The first-order chi connectivity index (χ1) is 12.1. The highest BCUT2D eigenvalue weighted by molar-refractivity contribution is 5.70. The van der Waals surface area contributed by atoms with Crippen LogP contribution in [0.5, 0.6) is 0 Å². The number of hydrogen-bond donors (Lipinski definition) is 1. The van der Waals surface area contributed by atoms with Gasteiger partial charge >= 0.3 is 0 Å². The van der Waals surface area contributed by atoms with Crippen molar-refractivity contribution < 1.29 is 4.42 Å². The van der Waals surface area contributed by atoms with Crippen molar-refractivity contribution in [2.75, 3.05) is 5.32 Å². The van der Waals surface area contributed by atoms with Gasteiger partial charge in [-0.3, -0.25) is 0 Å². The van der Waals surface area contributed by atoms with E-state index in [0.29, 0.717) is 18.2 Å². The summed E-state index contributed by atoms with van der Waals surface area (Å²) in [4.78, 5) is 0. The zero-order valence-corrected chi connectivity index (χ0v) is 14.4. The maximum Gasteiger partial charge on any atom is 0.253 e. The van der Waals surface area contributed by atoms with Crippen LogP contribution in [-0.2, 0) is 12.0 Å². The van der Waals surface area contributed by atoms with Gasteiger partial charge in [0.25, 0.3) is 5.89 Å². The smallest absolute Gasteiger partial charge is 0.253 e. The summed E-state index contributed by atoms with van der Waals surface area (Å²) in [5.41, 5.74) is 1.96. The molecular formula is C19H21N5O. The molecule has 1 aromatic carbocycles. The van der Waals surface area contributed by atoms with Gasteiger partial charge in [-0.25, -0.2) is 4.68 Å². The van der Waals surface area contributed by atoms with Crippen molar-refractivity contribution in [2.45, 2.75) is 38.3 Å². The van der Waals surface area contributed by atoms with E-state index in [-0.39, 0.29) is 11.6 Å². The number of nitrogens with zero attached hydrogens (tertiary/aromatic N) is 4. The van der Waals surface area contributed by atoms with Gasteiger partial charge in [-0.2, -0.15) is 5.10 Å². The van der Waals surface area contributed by atoms with E-state index >= 15 is 0 Å². The molecule has 1 aliphatic rings. The van der Waals surface area contributed by atoms with E-state index in [9.17, 15) is 0 Å². The Labute approximate surface area is 146 Å². The van der Waals surface area contributed by atoms with Gasteiger partial charge in [0.2, 0.25) is 5.89 Å². The minimum Gasteiger partial charge on any atom is -0.420 e. The summed E-state index contributed by atoms with van der Waals surface area (Å²) in [5, 5.41) is 16.4. The van der Waals surface area contributed by atoms with Gasteiger partial charge in [0.1, 0.15) is 11.4 Å². The SMILES string of the molecule is C=CCc1nnc(-c2cnn3c2NC(c2ccccc2)CC3(C)C)o1. The molecule has 0 saturated carbocycles. The molecule has 0 spiro atoms. The Kier molecular flexibility index (Phi) is 3.67. The fraction of sp³-hybridized carbons (Fsp3) is 0.316. The molecule has 1 unspecified atom stereocenters. The molecule has 4 rings (SSSR count). The van der Waals surface area contributed by atoms with Crippen LogP contribution in [0.1, 0.15) is 37.8 Å². The standard InChI is InChI=1S/C19H21N5O/c1-4-8-16-22-23-18(25-16)14-12-20-24-17(14)21-15(11-19(24,2)3)13-9-6-5-7-10-13/h4-7,9-10,12,15,21H,1,8,11H2,2-3H3. The Hall–Kier alpha value is -2.89. The number of anilines is 1. The predicted molar refractivity (Wildman–Crippen MR) is 96.2 cm³/mol. The van der Waals surface area contributed by atoms with Crippen molar-refractivity contribution in [2.24, 2.45) is 0 Å². The summed E-state index contributed by atoms with van der Waals surface area (Å²) >= 11 is 0. The fourth-order valence-electron chi connectivity index (χ4n) is 3.36. The van der Waals surface area contributed by atoms with Crippen molar-refractivity contribution in [1.29, 1.82) is 0 Å². The van der Waals surface area contributed by atoms with Gasteiger partial charge in [-0.1, -0.05) is 36.4 Å². The lowest BCUT2D eigenvalue weighted by Gasteiger charge is -2.38. The Bertz CT molecular complexity index is 894. The first kappa shape index (κ1) is 15.6. The minimum absolute atomic E-state index is 0.122. The molecule has 3 heterocycles. The molecule has 3 aromatic rings. The number of benzene rings is 1. The second kappa shape index (κ2) is 5.88. The predicted octanol–water partition coefficient (Wildman–Crippen LogP) is 3.95. The summed E-state index contributed by atoms with van der Waals surface area (Å²) in [6, 6.07) is 10.7. The largest absolute Gasteiger partial charge is 0.420 e. The number of hydrogen-bond acceptors (Lipinski definition) is 5. The zero-order chi connectivity index (χ0) is 17.4. The third-order valence-electron chi connectivity index (χ3n) is 4.58. The fourth-order valence-corrected chi connectivity index (χ4v) is 3.36. The highest BCUT2D eigenvalue weighted by atomic mass is 16.4. The van der Waals surface area contributed by atoms with Gasteiger partial charge in [0.15, 0.2) is 0 Å². The summed E-state index contributed by atoms with van der Waals surface area (Å²) < 4.78 is 7.77.